The maximum Gasteiger partial charge on any atom is 0.164 e. The van der Waals surface area contributed by atoms with E-state index in [0.717, 1.165) is 22.3 Å². The highest BCUT2D eigenvalue weighted by atomic mass is 15.0. The Labute approximate surface area is 267 Å². The van der Waals surface area contributed by atoms with Crippen LogP contribution in [0.5, 0.6) is 0 Å². The fraction of sp³-hybridized carbons (Fsp3) is 0. The molecule has 0 amide bonds. The van der Waals surface area contributed by atoms with Crippen molar-refractivity contribution in [2.24, 2.45) is 0 Å². The average Bonchev–Trinajstić information content (AvgIpc) is 3.47. The molecule has 0 saturated heterocycles. The van der Waals surface area contributed by atoms with Crippen molar-refractivity contribution in [3.8, 4) is 78.7 Å². The molecule has 1 aliphatic carbocycles. The van der Waals surface area contributed by atoms with Gasteiger partial charge in [-0.2, -0.15) is 0 Å². The Kier molecular flexibility index (Phi) is 6.14. The maximum atomic E-state index is 4.88. The van der Waals surface area contributed by atoms with Gasteiger partial charge in [-0.3, -0.25) is 0 Å². The van der Waals surface area contributed by atoms with E-state index in [2.05, 4.69) is 103 Å². The summed E-state index contributed by atoms with van der Waals surface area (Å²) in [5.74, 6) is 1.98. The molecule has 8 aromatic rings. The Bertz CT molecular complexity index is 2290. The maximum absolute atomic E-state index is 4.88. The van der Waals surface area contributed by atoms with Crippen LogP contribution in [0, 0.1) is 0 Å². The first-order valence-electron chi connectivity index (χ1n) is 15.5. The van der Waals surface area contributed by atoms with E-state index < -0.39 is 0 Å². The van der Waals surface area contributed by atoms with Crippen molar-refractivity contribution in [3.63, 3.8) is 0 Å². The molecule has 46 heavy (non-hydrogen) atoms. The first-order valence-corrected chi connectivity index (χ1v) is 15.5. The summed E-state index contributed by atoms with van der Waals surface area (Å²) < 4.78 is 0. The third-order valence-electron chi connectivity index (χ3n) is 8.92. The predicted molar refractivity (Wildman–Crippen MR) is 189 cm³/mol. The molecule has 1 aliphatic rings. The van der Waals surface area contributed by atoms with Gasteiger partial charge in [0.1, 0.15) is 0 Å². The summed E-state index contributed by atoms with van der Waals surface area (Å²) >= 11 is 0. The molecule has 1 aromatic heterocycles. The van der Waals surface area contributed by atoms with Gasteiger partial charge in [0, 0.05) is 16.7 Å². The molecule has 0 atom stereocenters. The number of fused-ring (bicyclic) bond motifs is 3. The second kappa shape index (κ2) is 10.8. The second-order valence-electron chi connectivity index (χ2n) is 11.6. The molecular weight excluding hydrogens is 558 g/mol. The number of benzene rings is 7. The molecule has 0 fully saturated rings. The molecule has 0 saturated carbocycles. The Balaban J connectivity index is 1.05. The minimum atomic E-state index is 0.656. The molecule has 3 nitrogen and oxygen atoms in total. The lowest BCUT2D eigenvalue weighted by molar-refractivity contribution is 1.07. The monoisotopic (exact) mass is 585 g/mol. The van der Waals surface area contributed by atoms with Crippen LogP contribution in [0.1, 0.15) is 0 Å². The van der Waals surface area contributed by atoms with Gasteiger partial charge in [0.15, 0.2) is 17.5 Å². The SMILES string of the molecule is c1ccc(-c2nc(-c3ccccc3)nc(-c3ccc(-c4ccc(-c5ccc6c7c(cccc57)-c5ccccc5-6)cc4)cc3)n2)cc1. The summed E-state index contributed by atoms with van der Waals surface area (Å²) in [6.07, 6.45) is 0. The highest BCUT2D eigenvalue weighted by Crippen LogP contribution is 2.49. The van der Waals surface area contributed by atoms with E-state index in [0.29, 0.717) is 17.5 Å². The Morgan fingerprint density at radius 3 is 1.17 bits per heavy atom. The van der Waals surface area contributed by atoms with Gasteiger partial charge in [0.2, 0.25) is 0 Å². The molecule has 1 heterocycles. The topological polar surface area (TPSA) is 38.7 Å². The van der Waals surface area contributed by atoms with Crippen molar-refractivity contribution in [3.05, 3.63) is 164 Å². The zero-order chi connectivity index (χ0) is 30.5. The molecule has 7 aromatic carbocycles. The molecular formula is C43H27N3. The van der Waals surface area contributed by atoms with E-state index in [-0.39, 0.29) is 0 Å². The van der Waals surface area contributed by atoms with Gasteiger partial charge in [-0.05, 0) is 55.3 Å². The van der Waals surface area contributed by atoms with E-state index in [1.54, 1.807) is 0 Å². The molecule has 0 bridgehead atoms. The molecule has 0 N–H and O–H groups in total. The normalized spacial score (nSPS) is 11.5. The van der Waals surface area contributed by atoms with E-state index in [9.17, 15) is 0 Å². The van der Waals surface area contributed by atoms with Gasteiger partial charge in [-0.25, -0.2) is 15.0 Å². The van der Waals surface area contributed by atoms with Crippen LogP contribution in [0.15, 0.2) is 164 Å². The third kappa shape index (κ3) is 4.41. The van der Waals surface area contributed by atoms with Crippen molar-refractivity contribution < 1.29 is 0 Å². The number of nitrogens with zero attached hydrogens (tertiary/aromatic N) is 3. The van der Waals surface area contributed by atoms with Crippen molar-refractivity contribution in [2.45, 2.75) is 0 Å². The van der Waals surface area contributed by atoms with Crippen LogP contribution in [0.2, 0.25) is 0 Å². The summed E-state index contributed by atoms with van der Waals surface area (Å²) in [6.45, 7) is 0. The summed E-state index contributed by atoms with van der Waals surface area (Å²) in [5, 5.41) is 2.65. The van der Waals surface area contributed by atoms with Gasteiger partial charge < -0.3 is 0 Å². The molecule has 0 radical (unpaired) electrons. The van der Waals surface area contributed by atoms with Crippen molar-refractivity contribution in [2.75, 3.05) is 0 Å². The zero-order valence-electron chi connectivity index (χ0n) is 24.9. The summed E-state index contributed by atoms with van der Waals surface area (Å²) in [7, 11) is 0. The first kappa shape index (κ1) is 26.2. The van der Waals surface area contributed by atoms with Crippen LogP contribution < -0.4 is 0 Å². The first-order chi connectivity index (χ1) is 22.8. The van der Waals surface area contributed by atoms with Gasteiger partial charge in [0.25, 0.3) is 0 Å². The van der Waals surface area contributed by atoms with Gasteiger partial charge in [0.05, 0.1) is 0 Å². The van der Waals surface area contributed by atoms with Crippen LogP contribution in [0.4, 0.5) is 0 Å². The number of hydrogen-bond acceptors (Lipinski definition) is 3. The van der Waals surface area contributed by atoms with Gasteiger partial charge in [-0.15, -0.1) is 0 Å². The molecule has 214 valence electrons. The Hall–Kier alpha value is -6.19. The largest absolute Gasteiger partial charge is 0.208 e. The van der Waals surface area contributed by atoms with E-state index in [1.807, 2.05) is 60.7 Å². The van der Waals surface area contributed by atoms with Crippen LogP contribution in [0.3, 0.4) is 0 Å². The third-order valence-corrected chi connectivity index (χ3v) is 8.92. The number of aromatic nitrogens is 3. The Morgan fingerprint density at radius 2 is 0.630 bits per heavy atom. The predicted octanol–water partition coefficient (Wildman–Crippen LogP) is 11.0. The summed E-state index contributed by atoms with van der Waals surface area (Å²) in [4.78, 5) is 14.6. The van der Waals surface area contributed by atoms with Crippen LogP contribution in [-0.2, 0) is 0 Å². The second-order valence-corrected chi connectivity index (χ2v) is 11.6. The van der Waals surface area contributed by atoms with E-state index in [1.165, 1.54) is 49.7 Å². The summed E-state index contributed by atoms with van der Waals surface area (Å²) in [6, 6.07) is 57.5. The standard InChI is InChI=1S/C43H27N3/c1-3-10-31(11-4-1)41-44-42(32-12-5-2-6-13-32)46-43(45-41)33-24-20-29(21-25-33)28-18-22-30(23-19-28)34-26-27-39-36-15-8-7-14-35(36)38-17-9-16-37(34)40(38)39/h1-27H. The van der Waals surface area contributed by atoms with Gasteiger partial charge in [-0.1, -0.05) is 164 Å². The van der Waals surface area contributed by atoms with Crippen molar-refractivity contribution in [1.82, 2.24) is 15.0 Å². The summed E-state index contributed by atoms with van der Waals surface area (Å²) in [5.41, 5.74) is 13.0. The lowest BCUT2D eigenvalue weighted by Gasteiger charge is -2.11. The van der Waals surface area contributed by atoms with Crippen LogP contribution in [0.25, 0.3) is 89.4 Å². The fourth-order valence-corrected chi connectivity index (χ4v) is 6.65. The number of hydrogen-bond donors (Lipinski definition) is 0. The highest BCUT2D eigenvalue weighted by Gasteiger charge is 2.22. The lowest BCUT2D eigenvalue weighted by atomic mass is 9.93. The van der Waals surface area contributed by atoms with Gasteiger partial charge >= 0.3 is 0 Å². The van der Waals surface area contributed by atoms with E-state index >= 15 is 0 Å². The van der Waals surface area contributed by atoms with Crippen molar-refractivity contribution in [1.29, 1.82) is 0 Å². The quantitative estimate of drug-likeness (QED) is 0.202. The smallest absolute Gasteiger partial charge is 0.164 e. The molecule has 0 spiro atoms. The van der Waals surface area contributed by atoms with E-state index in [4.69, 9.17) is 15.0 Å². The molecule has 0 unspecified atom stereocenters. The molecule has 0 aliphatic heterocycles. The fourth-order valence-electron chi connectivity index (χ4n) is 6.65. The van der Waals surface area contributed by atoms with Crippen molar-refractivity contribution >= 4 is 10.8 Å². The molecule has 3 heteroatoms. The zero-order valence-corrected chi connectivity index (χ0v) is 24.9. The minimum absolute atomic E-state index is 0.656. The van der Waals surface area contributed by atoms with Crippen LogP contribution in [-0.4, -0.2) is 15.0 Å². The minimum Gasteiger partial charge on any atom is -0.208 e. The lowest BCUT2D eigenvalue weighted by Crippen LogP contribution is -2.00. The molecule has 9 rings (SSSR count). The number of rotatable bonds is 5. The average molecular weight is 586 g/mol. The van der Waals surface area contributed by atoms with Crippen LogP contribution >= 0.6 is 0 Å². The highest BCUT2D eigenvalue weighted by molar-refractivity contribution is 6.18. The Morgan fingerprint density at radius 1 is 0.239 bits per heavy atom.